The molecule has 3 rings (SSSR count). The van der Waals surface area contributed by atoms with Gasteiger partial charge in [0.25, 0.3) is 0 Å². The van der Waals surface area contributed by atoms with Gasteiger partial charge in [0.1, 0.15) is 0 Å². The third-order valence-electron chi connectivity index (χ3n) is 5.00. The third kappa shape index (κ3) is 5.48. The van der Waals surface area contributed by atoms with Crippen LogP contribution in [0.3, 0.4) is 0 Å². The van der Waals surface area contributed by atoms with E-state index >= 15 is 0 Å². The number of rotatable bonds is 5. The van der Waals surface area contributed by atoms with Crippen LogP contribution in [0.4, 0.5) is 15.3 Å². The zero-order valence-corrected chi connectivity index (χ0v) is 17.1. The Kier molecular flexibility index (Phi) is 6.92. The molecule has 0 aliphatic heterocycles. The number of benzene rings is 2. The summed E-state index contributed by atoms with van der Waals surface area (Å²) in [5.74, 6) is 0. The van der Waals surface area contributed by atoms with Crippen molar-refractivity contribution in [3.05, 3.63) is 64.6 Å². The predicted octanol–water partition coefficient (Wildman–Crippen LogP) is 4.74. The van der Waals surface area contributed by atoms with Gasteiger partial charge < -0.3 is 15.7 Å². The highest BCUT2D eigenvalue weighted by atomic mass is 79.9. The van der Waals surface area contributed by atoms with Crippen LogP contribution in [-0.4, -0.2) is 29.3 Å². The fourth-order valence-corrected chi connectivity index (χ4v) is 3.87. The average Bonchev–Trinajstić information content (AvgIpc) is 2.70. The number of carbonyl (C=O) groups is 2. The number of hydrogen-bond donors (Lipinski definition) is 3. The molecule has 2 aromatic rings. The molecule has 0 heterocycles. The lowest BCUT2D eigenvalue weighted by Gasteiger charge is -2.37. The lowest BCUT2D eigenvalue weighted by Crippen LogP contribution is -2.49. The number of nitrogens with one attached hydrogen (secondary N) is 2. The molecule has 1 aliphatic rings. The maximum absolute atomic E-state index is 13.1. The summed E-state index contributed by atoms with van der Waals surface area (Å²) >= 11 is 3.44. The van der Waals surface area contributed by atoms with Crippen molar-refractivity contribution in [2.24, 2.45) is 0 Å². The summed E-state index contributed by atoms with van der Waals surface area (Å²) < 4.78 is 0.954. The van der Waals surface area contributed by atoms with Crippen LogP contribution in [0.5, 0.6) is 0 Å². The van der Waals surface area contributed by atoms with Crippen molar-refractivity contribution in [3.63, 3.8) is 0 Å². The summed E-state index contributed by atoms with van der Waals surface area (Å²) in [6.07, 6.45) is 1.94. The SMILES string of the molecule is O=C(O)NC1CCC(N(C(=O)NCc2ccccc2)c2ccc(Br)cc2)CC1. The van der Waals surface area contributed by atoms with Crippen molar-refractivity contribution in [2.75, 3.05) is 4.90 Å². The lowest BCUT2D eigenvalue weighted by molar-refractivity contribution is 0.184. The van der Waals surface area contributed by atoms with Crippen LogP contribution in [0.25, 0.3) is 0 Å². The van der Waals surface area contributed by atoms with Crippen LogP contribution in [0, 0.1) is 0 Å². The Morgan fingerprint density at radius 3 is 2.25 bits per heavy atom. The Balaban J connectivity index is 1.71. The first kappa shape index (κ1) is 20.2. The molecule has 148 valence electrons. The molecular weight excluding hydrogens is 422 g/mol. The van der Waals surface area contributed by atoms with Crippen molar-refractivity contribution in [2.45, 2.75) is 44.3 Å². The Morgan fingerprint density at radius 2 is 1.64 bits per heavy atom. The number of anilines is 1. The fourth-order valence-electron chi connectivity index (χ4n) is 3.61. The quantitative estimate of drug-likeness (QED) is 0.621. The number of carboxylic acid groups (broad SMARTS) is 1. The summed E-state index contributed by atoms with van der Waals surface area (Å²) in [6, 6.07) is 17.3. The van der Waals surface area contributed by atoms with Gasteiger partial charge in [0.05, 0.1) is 0 Å². The van der Waals surface area contributed by atoms with Crippen LogP contribution in [0.15, 0.2) is 59.1 Å². The second-order valence-corrected chi connectivity index (χ2v) is 7.86. The van der Waals surface area contributed by atoms with Crippen molar-refractivity contribution >= 4 is 33.7 Å². The minimum atomic E-state index is -0.992. The van der Waals surface area contributed by atoms with Crippen molar-refractivity contribution < 1.29 is 14.7 Å². The van der Waals surface area contributed by atoms with Crippen LogP contribution in [0.1, 0.15) is 31.2 Å². The highest BCUT2D eigenvalue weighted by Gasteiger charge is 2.30. The maximum Gasteiger partial charge on any atom is 0.404 e. The molecule has 1 fully saturated rings. The van der Waals surface area contributed by atoms with Gasteiger partial charge in [0.2, 0.25) is 0 Å². The minimum absolute atomic E-state index is 0.0313. The summed E-state index contributed by atoms with van der Waals surface area (Å²) in [6.45, 7) is 0.461. The van der Waals surface area contributed by atoms with E-state index in [1.165, 1.54) is 0 Å². The Bertz CT molecular complexity index is 790. The van der Waals surface area contributed by atoms with Gasteiger partial charge in [0.15, 0.2) is 0 Å². The molecule has 0 atom stereocenters. The van der Waals surface area contributed by atoms with Crippen LogP contribution in [-0.2, 0) is 6.54 Å². The van der Waals surface area contributed by atoms with Gasteiger partial charge in [-0.25, -0.2) is 9.59 Å². The molecule has 0 spiro atoms. The Labute approximate surface area is 173 Å². The first-order valence-electron chi connectivity index (χ1n) is 9.39. The summed E-state index contributed by atoms with van der Waals surface area (Å²) in [4.78, 5) is 25.7. The van der Waals surface area contributed by atoms with Gasteiger partial charge in [-0.3, -0.25) is 4.90 Å². The molecule has 2 aromatic carbocycles. The summed E-state index contributed by atoms with van der Waals surface area (Å²) in [5, 5.41) is 14.5. The van der Waals surface area contributed by atoms with E-state index in [9.17, 15) is 9.59 Å². The Hall–Kier alpha value is -2.54. The molecular formula is C21H24BrN3O3. The number of nitrogens with zero attached hydrogens (tertiary/aromatic N) is 1. The smallest absolute Gasteiger partial charge is 0.404 e. The Morgan fingerprint density at radius 1 is 1.00 bits per heavy atom. The van der Waals surface area contributed by atoms with Gasteiger partial charge in [-0.1, -0.05) is 46.3 Å². The molecule has 0 bridgehead atoms. The molecule has 7 heteroatoms. The van der Waals surface area contributed by atoms with Crippen molar-refractivity contribution in [1.29, 1.82) is 0 Å². The van der Waals surface area contributed by atoms with Gasteiger partial charge in [-0.05, 0) is 55.5 Å². The number of hydrogen-bond acceptors (Lipinski definition) is 2. The summed E-state index contributed by atoms with van der Waals surface area (Å²) in [7, 11) is 0. The van der Waals surface area contributed by atoms with Crippen LogP contribution < -0.4 is 15.5 Å². The van der Waals surface area contributed by atoms with Gasteiger partial charge in [-0.15, -0.1) is 0 Å². The molecule has 0 saturated heterocycles. The molecule has 1 saturated carbocycles. The highest BCUT2D eigenvalue weighted by Crippen LogP contribution is 2.29. The van der Waals surface area contributed by atoms with Gasteiger partial charge in [-0.2, -0.15) is 0 Å². The monoisotopic (exact) mass is 445 g/mol. The van der Waals surface area contributed by atoms with Crippen LogP contribution >= 0.6 is 15.9 Å². The van der Waals surface area contributed by atoms with E-state index in [1.54, 1.807) is 0 Å². The normalized spacial score (nSPS) is 18.9. The molecule has 3 amide bonds. The lowest BCUT2D eigenvalue weighted by atomic mass is 9.90. The largest absolute Gasteiger partial charge is 0.465 e. The van der Waals surface area contributed by atoms with E-state index in [0.717, 1.165) is 41.4 Å². The molecule has 28 heavy (non-hydrogen) atoms. The number of amides is 3. The fraction of sp³-hybridized carbons (Fsp3) is 0.333. The number of urea groups is 1. The van der Waals surface area contributed by atoms with Crippen molar-refractivity contribution in [1.82, 2.24) is 10.6 Å². The van der Waals surface area contributed by atoms with E-state index in [2.05, 4.69) is 26.6 Å². The van der Waals surface area contributed by atoms with Gasteiger partial charge >= 0.3 is 12.1 Å². The second-order valence-electron chi connectivity index (χ2n) is 6.95. The van der Waals surface area contributed by atoms with E-state index in [0.29, 0.717) is 6.54 Å². The van der Waals surface area contributed by atoms with Gasteiger partial charge in [0, 0.05) is 28.8 Å². The minimum Gasteiger partial charge on any atom is -0.465 e. The molecule has 0 aromatic heterocycles. The van der Waals surface area contributed by atoms with Crippen LogP contribution in [0.2, 0.25) is 0 Å². The first-order chi connectivity index (χ1) is 13.5. The predicted molar refractivity (Wildman–Crippen MR) is 113 cm³/mol. The van der Waals surface area contributed by atoms with E-state index < -0.39 is 6.09 Å². The topological polar surface area (TPSA) is 81.7 Å². The zero-order chi connectivity index (χ0) is 19.9. The zero-order valence-electron chi connectivity index (χ0n) is 15.5. The molecule has 6 nitrogen and oxygen atoms in total. The van der Waals surface area contributed by atoms with E-state index in [1.807, 2.05) is 59.5 Å². The highest BCUT2D eigenvalue weighted by molar-refractivity contribution is 9.10. The second kappa shape index (κ2) is 9.59. The van der Waals surface area contributed by atoms with Crippen molar-refractivity contribution in [3.8, 4) is 0 Å². The van der Waals surface area contributed by atoms with E-state index in [-0.39, 0.29) is 18.1 Å². The molecule has 0 radical (unpaired) electrons. The van der Waals surface area contributed by atoms with E-state index in [4.69, 9.17) is 5.11 Å². The number of halogens is 1. The molecule has 3 N–H and O–H groups in total. The molecule has 0 unspecified atom stereocenters. The number of carbonyl (C=O) groups excluding carboxylic acids is 1. The standard InChI is InChI=1S/C21H24BrN3O3/c22-16-6-10-18(11-7-16)25(19-12-8-17(9-13-19)24-21(27)28)20(26)23-14-15-4-2-1-3-5-15/h1-7,10-11,17,19,24H,8-9,12-14H2,(H,23,26)(H,27,28). The maximum atomic E-state index is 13.1. The summed E-state index contributed by atoms with van der Waals surface area (Å²) in [5.41, 5.74) is 1.88. The average molecular weight is 446 g/mol. The first-order valence-corrected chi connectivity index (χ1v) is 10.2. The third-order valence-corrected chi connectivity index (χ3v) is 5.53. The molecule has 1 aliphatic carbocycles.